The molecule has 1 saturated heterocycles. The summed E-state index contributed by atoms with van der Waals surface area (Å²) in [6.45, 7) is 6.67. The number of aliphatic hydroxyl groups is 2. The molecule has 0 aliphatic carbocycles. The van der Waals surface area contributed by atoms with Crippen LogP contribution in [-0.2, 0) is 46.3 Å². The molecule has 0 saturated carbocycles. The molecule has 1 aliphatic rings. The van der Waals surface area contributed by atoms with Crippen LogP contribution >= 0.6 is 15.6 Å². The molecule has 0 aromatic carbocycles. The van der Waals surface area contributed by atoms with Crippen LogP contribution in [-0.4, -0.2) is 85.7 Å². The molecular weight excluding hydrogens is 884 g/mol. The number of anilines is 1. The van der Waals surface area contributed by atoms with Crippen molar-refractivity contribution in [2.24, 2.45) is 11.8 Å². The van der Waals surface area contributed by atoms with Crippen LogP contribution in [0, 0.1) is 11.8 Å². The number of unbranched alkanes of at least 4 members (excludes halogenated alkanes) is 19. The average Bonchev–Trinajstić information content (AvgIpc) is 3.51. The quantitative estimate of drug-likeness (QED) is 0.0234. The zero-order chi connectivity index (χ0) is 48.1. The largest absolute Gasteiger partial charge is 0.481 e. The Kier molecular flexibility index (Phi) is 30.2. The van der Waals surface area contributed by atoms with E-state index >= 15 is 0 Å². The van der Waals surface area contributed by atoms with Crippen molar-refractivity contribution in [3.63, 3.8) is 0 Å². The van der Waals surface area contributed by atoms with Gasteiger partial charge in [0.1, 0.15) is 30.7 Å². The van der Waals surface area contributed by atoms with Gasteiger partial charge in [0.2, 0.25) is 0 Å². The zero-order valence-electron chi connectivity index (χ0n) is 39.6. The van der Waals surface area contributed by atoms with Crippen molar-refractivity contribution < 1.29 is 66.3 Å². The second-order valence-corrected chi connectivity index (χ2v) is 21.3. The number of aromatic nitrogens is 2. The maximum atomic E-state index is 12.8. The van der Waals surface area contributed by atoms with Crippen molar-refractivity contribution in [3.05, 3.63) is 22.7 Å². The van der Waals surface area contributed by atoms with Gasteiger partial charge in [-0.1, -0.05) is 163 Å². The average molecular weight is 968 g/mol. The SMILES string of the molecule is CC(C)CCCCCCCCCCCCCCCCCC(=O)OC[C@H](COP(=O)(O)OP(=O)(O)OC[C@H]1O[C@@H](n2ccc(N)nc2=O)C(O)[C@H]1O)OC(=O)CCCCCCCCC(C)C. The van der Waals surface area contributed by atoms with Crippen molar-refractivity contribution in [1.82, 2.24) is 9.55 Å². The lowest BCUT2D eigenvalue weighted by Gasteiger charge is -2.21. The molecule has 7 atom stereocenters. The van der Waals surface area contributed by atoms with E-state index in [0.29, 0.717) is 18.8 Å². The van der Waals surface area contributed by atoms with Crippen LogP contribution in [0.2, 0.25) is 0 Å². The fraction of sp³-hybridized carbons (Fsp3) is 0.867. The summed E-state index contributed by atoms with van der Waals surface area (Å²) in [4.78, 5) is 61.7. The molecule has 0 amide bonds. The molecule has 378 valence electrons. The summed E-state index contributed by atoms with van der Waals surface area (Å²) in [6.07, 6.45) is 19.6. The van der Waals surface area contributed by atoms with E-state index in [-0.39, 0.29) is 18.7 Å². The molecule has 65 heavy (non-hydrogen) atoms. The molecule has 6 N–H and O–H groups in total. The van der Waals surface area contributed by atoms with E-state index in [0.717, 1.165) is 68.3 Å². The fourth-order valence-electron chi connectivity index (χ4n) is 7.51. The van der Waals surface area contributed by atoms with E-state index in [4.69, 9.17) is 29.0 Å². The molecule has 3 unspecified atom stereocenters. The lowest BCUT2D eigenvalue weighted by Crippen LogP contribution is -2.36. The molecule has 1 aliphatic heterocycles. The monoisotopic (exact) mass is 968 g/mol. The maximum absolute atomic E-state index is 12.8. The third-order valence-electron chi connectivity index (χ3n) is 11.3. The lowest BCUT2D eigenvalue weighted by molar-refractivity contribution is -0.161. The normalized spacial score (nSPS) is 19.9. The minimum atomic E-state index is -5.41. The number of hydrogen-bond donors (Lipinski definition) is 5. The highest BCUT2D eigenvalue weighted by atomic mass is 31.3. The van der Waals surface area contributed by atoms with Crippen LogP contribution < -0.4 is 11.4 Å². The molecule has 20 heteroatoms. The van der Waals surface area contributed by atoms with E-state index in [1.807, 2.05) is 0 Å². The second kappa shape index (κ2) is 33.3. The van der Waals surface area contributed by atoms with E-state index in [9.17, 15) is 43.5 Å². The summed E-state index contributed by atoms with van der Waals surface area (Å²) in [5.41, 5.74) is 4.58. The number of carbonyl (C=O) groups is 2. The predicted molar refractivity (Wildman–Crippen MR) is 247 cm³/mol. The van der Waals surface area contributed by atoms with Crippen molar-refractivity contribution in [3.8, 4) is 0 Å². The van der Waals surface area contributed by atoms with E-state index < -0.39 is 83.7 Å². The van der Waals surface area contributed by atoms with Crippen LogP contribution in [0.4, 0.5) is 5.82 Å². The van der Waals surface area contributed by atoms with E-state index in [1.165, 1.54) is 89.3 Å². The maximum Gasteiger partial charge on any atom is 0.481 e. The van der Waals surface area contributed by atoms with Crippen molar-refractivity contribution in [2.45, 2.75) is 219 Å². The Labute approximate surface area is 387 Å². The third-order valence-corrected chi connectivity index (χ3v) is 13.9. The van der Waals surface area contributed by atoms with Gasteiger partial charge in [-0.05, 0) is 30.7 Å². The molecule has 1 aromatic rings. The Morgan fingerprint density at radius 2 is 1.14 bits per heavy atom. The number of rotatable bonds is 39. The summed E-state index contributed by atoms with van der Waals surface area (Å²) in [6, 6.07) is 1.25. The first kappa shape index (κ1) is 58.9. The number of nitrogens with two attached hydrogens (primary N) is 1. The Bertz CT molecular complexity index is 1620. The van der Waals surface area contributed by atoms with E-state index in [1.54, 1.807) is 0 Å². The molecule has 2 rings (SSSR count). The lowest BCUT2D eigenvalue weighted by atomic mass is 10.0. The molecule has 0 spiro atoms. The van der Waals surface area contributed by atoms with E-state index in [2.05, 4.69) is 37.0 Å². The minimum absolute atomic E-state index is 0.0519. The number of aliphatic hydroxyl groups excluding tert-OH is 2. The van der Waals surface area contributed by atoms with Gasteiger partial charge in [-0.25, -0.2) is 13.9 Å². The molecule has 0 radical (unpaired) electrons. The van der Waals surface area contributed by atoms with Crippen LogP contribution in [0.5, 0.6) is 0 Å². The van der Waals surface area contributed by atoms with Gasteiger partial charge in [0.05, 0.1) is 13.2 Å². The van der Waals surface area contributed by atoms with Gasteiger partial charge in [-0.15, -0.1) is 0 Å². The third kappa shape index (κ3) is 28.0. The summed E-state index contributed by atoms with van der Waals surface area (Å²) in [5.74, 6) is 0.179. The van der Waals surface area contributed by atoms with Gasteiger partial charge in [0.15, 0.2) is 12.3 Å². The Balaban J connectivity index is 1.77. The van der Waals surface area contributed by atoms with Gasteiger partial charge in [-0.2, -0.15) is 9.29 Å². The van der Waals surface area contributed by atoms with Crippen LogP contribution in [0.1, 0.15) is 194 Å². The highest BCUT2D eigenvalue weighted by Gasteiger charge is 2.46. The Morgan fingerprint density at radius 1 is 0.692 bits per heavy atom. The fourth-order valence-corrected chi connectivity index (χ4v) is 9.62. The van der Waals surface area contributed by atoms with Crippen LogP contribution in [0.25, 0.3) is 0 Å². The van der Waals surface area contributed by atoms with Gasteiger partial charge < -0.3 is 39.9 Å². The topological polar surface area (TPSA) is 265 Å². The molecule has 18 nitrogen and oxygen atoms in total. The van der Waals surface area contributed by atoms with Crippen molar-refractivity contribution >= 4 is 33.4 Å². The first-order valence-corrected chi connectivity index (χ1v) is 27.3. The standard InChI is InChI=1S/C45H83N3O15P2/c1-35(2)26-22-18-14-12-10-8-6-5-7-9-11-13-15-20-24-28-40(49)58-32-37(61-41(50)29-25-21-17-16-19-23-27-36(3)4)33-59-64(54,55)63-65(56,57)60-34-38-42(51)43(52)44(62-38)48-31-30-39(46)47-45(48)53/h30-31,35-38,42-44,51-52H,5-29,32-34H2,1-4H3,(H,54,55)(H,56,57)(H2,46,47,53)/t37-,38-,42+,43?,44-/m1/s1. The summed E-state index contributed by atoms with van der Waals surface area (Å²) in [7, 11) is -10.8. The second-order valence-electron chi connectivity index (χ2n) is 18.3. The Hall–Kier alpha value is -2.24. The summed E-state index contributed by atoms with van der Waals surface area (Å²) < 4.78 is 56.6. The number of phosphoric acid groups is 2. The molecule has 2 heterocycles. The highest BCUT2D eigenvalue weighted by Crippen LogP contribution is 2.60. The van der Waals surface area contributed by atoms with Crippen LogP contribution in [0.3, 0.4) is 0 Å². The smallest absolute Gasteiger partial charge is 0.462 e. The first-order valence-electron chi connectivity index (χ1n) is 24.3. The number of esters is 2. The van der Waals surface area contributed by atoms with Crippen LogP contribution in [0.15, 0.2) is 17.1 Å². The molecule has 1 aromatic heterocycles. The number of phosphoric ester groups is 2. The molecule has 1 fully saturated rings. The summed E-state index contributed by atoms with van der Waals surface area (Å²) >= 11 is 0. The minimum Gasteiger partial charge on any atom is -0.462 e. The molecule has 0 bridgehead atoms. The predicted octanol–water partition coefficient (Wildman–Crippen LogP) is 9.21. The van der Waals surface area contributed by atoms with Gasteiger partial charge >= 0.3 is 33.3 Å². The highest BCUT2D eigenvalue weighted by molar-refractivity contribution is 7.61. The zero-order valence-corrected chi connectivity index (χ0v) is 41.4. The number of nitrogens with zero attached hydrogens (tertiary/aromatic N) is 2. The number of carbonyl (C=O) groups excluding carboxylic acids is 2. The summed E-state index contributed by atoms with van der Waals surface area (Å²) in [5, 5.41) is 20.9. The first-order chi connectivity index (χ1) is 30.9. The van der Waals surface area contributed by atoms with Crippen molar-refractivity contribution in [1.29, 1.82) is 0 Å². The van der Waals surface area contributed by atoms with Crippen molar-refractivity contribution in [2.75, 3.05) is 25.6 Å². The van der Waals surface area contributed by atoms with Gasteiger partial charge in [0.25, 0.3) is 0 Å². The molecular formula is C45H83N3O15P2. The number of ether oxygens (including phenoxy) is 3. The van der Waals surface area contributed by atoms with Gasteiger partial charge in [0, 0.05) is 19.0 Å². The Morgan fingerprint density at radius 3 is 1.62 bits per heavy atom. The number of hydrogen-bond acceptors (Lipinski definition) is 15. The number of nitrogen functional groups attached to an aromatic ring is 1. The van der Waals surface area contributed by atoms with Gasteiger partial charge in [-0.3, -0.25) is 23.2 Å².